The van der Waals surface area contributed by atoms with E-state index in [0.29, 0.717) is 30.4 Å². The molecule has 4 aromatic rings. The smallest absolute Gasteiger partial charge is 0.247 e. The molecule has 0 radical (unpaired) electrons. The molecule has 194 valence electrons. The SMILES string of the molecule is N#Cc1cc(Cl)cc(Oc2c(Cl)ccc(Cc3nnc(-c4ccc(OCC5CNCCO5)cc4)o3)c2F)c1. The molecular weight excluding hydrogens is 534 g/mol. The molecule has 1 N–H and O–H groups in total. The number of nitriles is 1. The topological polar surface area (TPSA) is 102 Å². The van der Waals surface area contributed by atoms with Gasteiger partial charge < -0.3 is 23.9 Å². The maximum Gasteiger partial charge on any atom is 0.247 e. The second kappa shape index (κ2) is 11.8. The Morgan fingerprint density at radius 2 is 1.92 bits per heavy atom. The fourth-order valence-electron chi connectivity index (χ4n) is 3.82. The van der Waals surface area contributed by atoms with Crippen LogP contribution in [0.15, 0.2) is 59.0 Å². The predicted octanol–water partition coefficient (Wildman–Crippen LogP) is 5.80. The van der Waals surface area contributed by atoms with E-state index in [4.69, 9.17) is 47.1 Å². The molecule has 1 unspecified atom stereocenters. The van der Waals surface area contributed by atoms with Gasteiger partial charge in [0.2, 0.25) is 11.8 Å². The van der Waals surface area contributed by atoms with Crippen molar-refractivity contribution in [3.8, 4) is 34.8 Å². The van der Waals surface area contributed by atoms with Gasteiger partial charge in [0, 0.05) is 29.2 Å². The molecule has 0 spiro atoms. The number of benzene rings is 3. The highest BCUT2D eigenvalue weighted by atomic mass is 35.5. The van der Waals surface area contributed by atoms with Crippen molar-refractivity contribution in [2.75, 3.05) is 26.3 Å². The van der Waals surface area contributed by atoms with E-state index in [1.165, 1.54) is 30.3 Å². The van der Waals surface area contributed by atoms with Crippen molar-refractivity contribution in [3.63, 3.8) is 0 Å². The van der Waals surface area contributed by atoms with Crippen molar-refractivity contribution in [1.82, 2.24) is 15.5 Å². The first kappa shape index (κ1) is 25.9. The van der Waals surface area contributed by atoms with E-state index >= 15 is 4.39 Å². The number of aromatic nitrogens is 2. The molecule has 0 saturated carbocycles. The van der Waals surface area contributed by atoms with Gasteiger partial charge in [-0.15, -0.1) is 10.2 Å². The molecule has 38 heavy (non-hydrogen) atoms. The average molecular weight is 555 g/mol. The average Bonchev–Trinajstić information content (AvgIpc) is 3.40. The summed E-state index contributed by atoms with van der Waals surface area (Å²) >= 11 is 12.2. The van der Waals surface area contributed by atoms with Gasteiger partial charge in [-0.05, 0) is 48.5 Å². The molecule has 1 aromatic heterocycles. The Morgan fingerprint density at radius 3 is 2.68 bits per heavy atom. The summed E-state index contributed by atoms with van der Waals surface area (Å²) in [6, 6.07) is 16.6. The summed E-state index contributed by atoms with van der Waals surface area (Å²) in [5.74, 6) is 0.501. The molecule has 3 aromatic carbocycles. The number of ether oxygens (including phenoxy) is 3. The van der Waals surface area contributed by atoms with Gasteiger partial charge in [-0.1, -0.05) is 29.3 Å². The van der Waals surface area contributed by atoms with Crippen LogP contribution in [-0.4, -0.2) is 42.6 Å². The van der Waals surface area contributed by atoms with E-state index < -0.39 is 5.82 Å². The summed E-state index contributed by atoms with van der Waals surface area (Å²) < 4.78 is 38.2. The third-order valence-electron chi connectivity index (χ3n) is 5.70. The Kier molecular flexibility index (Phi) is 8.05. The fourth-order valence-corrected chi connectivity index (χ4v) is 4.23. The molecule has 0 amide bonds. The summed E-state index contributed by atoms with van der Waals surface area (Å²) in [7, 11) is 0. The fraction of sp³-hybridized carbons (Fsp3) is 0.222. The normalized spacial score (nSPS) is 15.2. The summed E-state index contributed by atoms with van der Waals surface area (Å²) in [6.07, 6.45) is 0.0312. The number of nitrogens with one attached hydrogen (secondary N) is 1. The van der Waals surface area contributed by atoms with Gasteiger partial charge in [0.05, 0.1) is 29.7 Å². The molecule has 1 aliphatic heterocycles. The van der Waals surface area contributed by atoms with E-state index in [-0.39, 0.29) is 51.1 Å². The molecule has 8 nitrogen and oxygen atoms in total. The first-order valence-corrected chi connectivity index (χ1v) is 12.5. The Balaban J connectivity index is 1.27. The summed E-state index contributed by atoms with van der Waals surface area (Å²) in [5.41, 5.74) is 1.21. The minimum atomic E-state index is -0.686. The van der Waals surface area contributed by atoms with Crippen LogP contribution in [-0.2, 0) is 11.2 Å². The molecule has 1 fully saturated rings. The zero-order valence-electron chi connectivity index (χ0n) is 19.9. The van der Waals surface area contributed by atoms with Gasteiger partial charge in [-0.25, -0.2) is 4.39 Å². The third kappa shape index (κ3) is 6.23. The molecule has 5 rings (SSSR count). The van der Waals surface area contributed by atoms with E-state index in [1.54, 1.807) is 0 Å². The first-order chi connectivity index (χ1) is 18.5. The Labute approximate surface area is 227 Å². The van der Waals surface area contributed by atoms with Crippen LogP contribution in [0.3, 0.4) is 0 Å². The molecule has 0 aliphatic carbocycles. The van der Waals surface area contributed by atoms with Gasteiger partial charge in [0.25, 0.3) is 0 Å². The van der Waals surface area contributed by atoms with E-state index in [0.717, 1.165) is 13.1 Å². The summed E-state index contributed by atoms with van der Waals surface area (Å²) in [5, 5.41) is 20.9. The second-order valence-corrected chi connectivity index (χ2v) is 9.29. The van der Waals surface area contributed by atoms with Gasteiger partial charge in [0.1, 0.15) is 24.2 Å². The van der Waals surface area contributed by atoms with Gasteiger partial charge in [-0.3, -0.25) is 0 Å². The number of morpholine rings is 1. The third-order valence-corrected chi connectivity index (χ3v) is 6.22. The first-order valence-electron chi connectivity index (χ1n) is 11.7. The highest BCUT2D eigenvalue weighted by Gasteiger charge is 2.19. The molecule has 2 heterocycles. The van der Waals surface area contributed by atoms with Crippen molar-refractivity contribution in [3.05, 3.63) is 87.5 Å². The zero-order valence-corrected chi connectivity index (χ0v) is 21.4. The molecular formula is C27H21Cl2FN4O4. The van der Waals surface area contributed by atoms with E-state index in [9.17, 15) is 0 Å². The lowest BCUT2D eigenvalue weighted by atomic mass is 10.1. The van der Waals surface area contributed by atoms with Crippen LogP contribution in [0.1, 0.15) is 17.0 Å². The Morgan fingerprint density at radius 1 is 1.08 bits per heavy atom. The Hall–Kier alpha value is -3.68. The van der Waals surface area contributed by atoms with Crippen LogP contribution in [0.2, 0.25) is 10.0 Å². The van der Waals surface area contributed by atoms with Gasteiger partial charge in [-0.2, -0.15) is 5.26 Å². The van der Waals surface area contributed by atoms with Crippen LogP contribution in [0, 0.1) is 17.1 Å². The number of hydrogen-bond donors (Lipinski definition) is 1. The lowest BCUT2D eigenvalue weighted by Gasteiger charge is -2.23. The minimum absolute atomic E-state index is 0.0154. The van der Waals surface area contributed by atoms with E-state index in [2.05, 4.69) is 15.5 Å². The number of nitrogens with zero attached hydrogens (tertiary/aromatic N) is 3. The van der Waals surface area contributed by atoms with Crippen LogP contribution in [0.4, 0.5) is 4.39 Å². The summed E-state index contributed by atoms with van der Waals surface area (Å²) in [6.45, 7) is 2.73. The summed E-state index contributed by atoms with van der Waals surface area (Å²) in [4.78, 5) is 0. The lowest BCUT2D eigenvalue weighted by molar-refractivity contribution is 0.000197. The highest BCUT2D eigenvalue weighted by Crippen LogP contribution is 2.36. The quantitative estimate of drug-likeness (QED) is 0.291. The molecule has 1 aliphatic rings. The number of rotatable bonds is 8. The van der Waals surface area contributed by atoms with Crippen LogP contribution < -0.4 is 14.8 Å². The van der Waals surface area contributed by atoms with Crippen molar-refractivity contribution < 1.29 is 23.0 Å². The molecule has 0 bridgehead atoms. The van der Waals surface area contributed by atoms with Crippen LogP contribution in [0.5, 0.6) is 17.2 Å². The number of halogens is 3. The standard InChI is InChI=1S/C27H21Cl2FN4O4/c28-19-9-16(13-31)10-21(12-19)37-26-23(29)6-3-18(25(26)30)11-24-33-34-27(38-24)17-1-4-20(5-2-17)36-15-22-14-32-7-8-35-22/h1-6,9-10,12,22,32H,7-8,11,14-15H2. The molecule has 1 atom stereocenters. The monoisotopic (exact) mass is 554 g/mol. The molecule has 11 heteroatoms. The van der Waals surface area contributed by atoms with Gasteiger partial charge in [0.15, 0.2) is 11.6 Å². The predicted molar refractivity (Wildman–Crippen MR) is 138 cm³/mol. The van der Waals surface area contributed by atoms with Crippen LogP contribution in [0.25, 0.3) is 11.5 Å². The largest absolute Gasteiger partial charge is 0.491 e. The lowest BCUT2D eigenvalue weighted by Crippen LogP contribution is -2.41. The van der Waals surface area contributed by atoms with Gasteiger partial charge >= 0.3 is 0 Å². The highest BCUT2D eigenvalue weighted by molar-refractivity contribution is 6.32. The maximum absolute atomic E-state index is 15.3. The van der Waals surface area contributed by atoms with E-state index in [1.807, 2.05) is 30.3 Å². The Bertz CT molecular complexity index is 1470. The van der Waals surface area contributed by atoms with Crippen molar-refractivity contribution in [1.29, 1.82) is 5.26 Å². The van der Waals surface area contributed by atoms with Crippen LogP contribution >= 0.6 is 23.2 Å². The van der Waals surface area contributed by atoms with Crippen molar-refractivity contribution in [2.45, 2.75) is 12.5 Å². The van der Waals surface area contributed by atoms with Crippen molar-refractivity contribution in [2.24, 2.45) is 0 Å². The van der Waals surface area contributed by atoms with Crippen molar-refractivity contribution >= 4 is 23.2 Å². The molecule has 1 saturated heterocycles. The number of hydrogen-bond acceptors (Lipinski definition) is 8. The minimum Gasteiger partial charge on any atom is -0.491 e. The maximum atomic E-state index is 15.3. The zero-order chi connectivity index (χ0) is 26.5. The second-order valence-electron chi connectivity index (χ2n) is 8.45.